The van der Waals surface area contributed by atoms with Crippen LogP contribution in [0.2, 0.25) is 0 Å². The number of aryl methyl sites for hydroxylation is 1. The number of methoxy groups -OCH3 is 1. The summed E-state index contributed by atoms with van der Waals surface area (Å²) in [4.78, 5) is 25.2. The van der Waals surface area contributed by atoms with Crippen molar-refractivity contribution < 1.29 is 19.1 Å². The number of aromatic nitrogens is 1. The summed E-state index contributed by atoms with van der Waals surface area (Å²) >= 11 is 0. The summed E-state index contributed by atoms with van der Waals surface area (Å²) in [6.07, 6.45) is 0. The molecule has 1 heterocycles. The largest absolute Gasteiger partial charge is 0.454 e. The first kappa shape index (κ1) is 19.9. The van der Waals surface area contributed by atoms with E-state index >= 15 is 0 Å². The number of para-hydroxylation sites is 1. The van der Waals surface area contributed by atoms with Crippen LogP contribution in [0.1, 0.15) is 33.2 Å². The van der Waals surface area contributed by atoms with E-state index in [1.54, 1.807) is 31.4 Å². The maximum Gasteiger partial charge on any atom is 0.338 e. The fraction of sp³-hybridized carbons (Fsp3) is 0.200. The van der Waals surface area contributed by atoms with Crippen LogP contribution in [0.5, 0.6) is 0 Å². The van der Waals surface area contributed by atoms with Crippen molar-refractivity contribution in [3.05, 3.63) is 83.4 Å². The van der Waals surface area contributed by atoms with Crippen LogP contribution in [0.3, 0.4) is 0 Å². The summed E-state index contributed by atoms with van der Waals surface area (Å²) in [6, 6.07) is 20.9. The minimum Gasteiger partial charge on any atom is -0.454 e. The van der Waals surface area contributed by atoms with E-state index in [-0.39, 0.29) is 12.4 Å². The number of hydrogen-bond donors (Lipinski definition) is 0. The first-order chi connectivity index (χ1) is 14.6. The number of fused-ring (bicyclic) bond motifs is 3. The summed E-state index contributed by atoms with van der Waals surface area (Å²) in [5.41, 5.74) is 3.89. The molecule has 1 aromatic heterocycles. The lowest BCUT2D eigenvalue weighted by atomic mass is 10.1. The van der Waals surface area contributed by atoms with Crippen molar-refractivity contribution >= 4 is 33.6 Å². The highest BCUT2D eigenvalue weighted by molar-refractivity contribution is 6.11. The highest BCUT2D eigenvalue weighted by atomic mass is 16.5. The fourth-order valence-corrected chi connectivity index (χ4v) is 3.86. The molecule has 0 N–H and O–H groups in total. The molecule has 0 bridgehead atoms. The van der Waals surface area contributed by atoms with Crippen LogP contribution in [0.25, 0.3) is 21.8 Å². The molecular weight excluding hydrogens is 378 g/mol. The molecule has 3 aromatic carbocycles. The number of esters is 1. The Morgan fingerprint density at radius 3 is 2.43 bits per heavy atom. The Bertz CT molecular complexity index is 1240. The van der Waals surface area contributed by atoms with Gasteiger partial charge in [0.1, 0.15) is 0 Å². The number of Topliss-reactive ketones (excluding diaryl/α,β-unsaturated/α-hetero) is 1. The van der Waals surface area contributed by atoms with Gasteiger partial charge < -0.3 is 14.0 Å². The third-order valence-corrected chi connectivity index (χ3v) is 5.28. The van der Waals surface area contributed by atoms with E-state index in [2.05, 4.69) is 23.6 Å². The second-order valence-electron chi connectivity index (χ2n) is 7.08. The highest BCUT2D eigenvalue weighted by Crippen LogP contribution is 2.29. The molecule has 0 atom stereocenters. The van der Waals surface area contributed by atoms with Crippen LogP contribution in [0.4, 0.5) is 0 Å². The van der Waals surface area contributed by atoms with Crippen molar-refractivity contribution in [2.45, 2.75) is 20.1 Å². The van der Waals surface area contributed by atoms with E-state index < -0.39 is 5.97 Å². The Labute approximate surface area is 174 Å². The maximum atomic E-state index is 12.7. The summed E-state index contributed by atoms with van der Waals surface area (Å²) in [7, 11) is 1.57. The predicted molar refractivity (Wildman–Crippen MR) is 117 cm³/mol. The first-order valence-corrected chi connectivity index (χ1v) is 9.92. The third-order valence-electron chi connectivity index (χ3n) is 5.28. The van der Waals surface area contributed by atoms with E-state index in [1.807, 2.05) is 30.3 Å². The first-order valence-electron chi connectivity index (χ1n) is 9.92. The summed E-state index contributed by atoms with van der Waals surface area (Å²) in [5, 5.41) is 2.13. The standard InChI is InChI=1S/C25H23NO4/c1-3-26-22-11-7-6-10-20(22)21-14-17(12-13-23(21)26)24(27)16-30-25(28)19-9-5-4-8-18(19)15-29-2/h4-14H,3,15-16H2,1-2H3. The normalized spacial score (nSPS) is 11.1. The summed E-state index contributed by atoms with van der Waals surface area (Å²) in [5.74, 6) is -0.762. The van der Waals surface area contributed by atoms with Gasteiger partial charge in [-0.1, -0.05) is 36.4 Å². The van der Waals surface area contributed by atoms with Gasteiger partial charge in [-0.05, 0) is 42.8 Å². The Hall–Kier alpha value is -3.44. The fourth-order valence-electron chi connectivity index (χ4n) is 3.86. The number of benzene rings is 3. The topological polar surface area (TPSA) is 57.5 Å². The van der Waals surface area contributed by atoms with Gasteiger partial charge in [-0.2, -0.15) is 0 Å². The molecule has 5 heteroatoms. The smallest absolute Gasteiger partial charge is 0.338 e. The van der Waals surface area contributed by atoms with E-state index in [0.717, 1.165) is 33.9 Å². The van der Waals surface area contributed by atoms with Crippen molar-refractivity contribution in [3.63, 3.8) is 0 Å². The molecule has 152 valence electrons. The van der Waals surface area contributed by atoms with Gasteiger partial charge in [-0.25, -0.2) is 4.79 Å². The van der Waals surface area contributed by atoms with Crippen molar-refractivity contribution in [1.29, 1.82) is 0 Å². The minimum absolute atomic E-state index is 0.234. The Morgan fingerprint density at radius 2 is 1.63 bits per heavy atom. The molecule has 4 aromatic rings. The lowest BCUT2D eigenvalue weighted by Crippen LogP contribution is -2.15. The summed E-state index contributed by atoms with van der Waals surface area (Å²) < 4.78 is 12.7. The maximum absolute atomic E-state index is 12.7. The molecule has 0 saturated heterocycles. The number of rotatable bonds is 7. The number of hydrogen-bond acceptors (Lipinski definition) is 4. The average Bonchev–Trinajstić information content (AvgIpc) is 3.10. The van der Waals surface area contributed by atoms with Crippen molar-refractivity contribution in [2.24, 2.45) is 0 Å². The molecule has 0 radical (unpaired) electrons. The zero-order valence-electron chi connectivity index (χ0n) is 17.1. The number of nitrogens with zero attached hydrogens (tertiary/aromatic N) is 1. The van der Waals surface area contributed by atoms with Crippen LogP contribution in [-0.4, -0.2) is 30.0 Å². The van der Waals surface area contributed by atoms with Crippen molar-refractivity contribution in [2.75, 3.05) is 13.7 Å². The van der Waals surface area contributed by atoms with Crippen LogP contribution in [-0.2, 0) is 22.6 Å². The number of carbonyl (C=O) groups is 2. The zero-order chi connectivity index (χ0) is 21.1. The van der Waals surface area contributed by atoms with Gasteiger partial charge >= 0.3 is 5.97 Å². The molecule has 30 heavy (non-hydrogen) atoms. The van der Waals surface area contributed by atoms with Gasteiger partial charge in [0.15, 0.2) is 12.4 Å². The molecule has 0 aliphatic carbocycles. The van der Waals surface area contributed by atoms with E-state index in [9.17, 15) is 9.59 Å². The zero-order valence-corrected chi connectivity index (χ0v) is 17.1. The van der Waals surface area contributed by atoms with Gasteiger partial charge in [-0.15, -0.1) is 0 Å². The Morgan fingerprint density at radius 1 is 0.900 bits per heavy atom. The molecule has 0 fully saturated rings. The van der Waals surface area contributed by atoms with Gasteiger partial charge in [0.05, 0.1) is 12.2 Å². The van der Waals surface area contributed by atoms with Gasteiger partial charge in [0.25, 0.3) is 0 Å². The van der Waals surface area contributed by atoms with Crippen molar-refractivity contribution in [1.82, 2.24) is 4.57 Å². The summed E-state index contributed by atoms with van der Waals surface area (Å²) in [6.45, 7) is 2.94. The molecule has 0 aliphatic rings. The molecule has 0 unspecified atom stereocenters. The average molecular weight is 401 g/mol. The molecule has 0 saturated carbocycles. The number of carbonyl (C=O) groups excluding carboxylic acids is 2. The van der Waals surface area contributed by atoms with Gasteiger partial charge in [0.2, 0.25) is 0 Å². The van der Waals surface area contributed by atoms with Crippen LogP contribution in [0.15, 0.2) is 66.7 Å². The molecule has 0 spiro atoms. The molecule has 4 rings (SSSR count). The second kappa shape index (κ2) is 8.51. The lowest BCUT2D eigenvalue weighted by Gasteiger charge is -2.09. The third kappa shape index (κ3) is 3.60. The van der Waals surface area contributed by atoms with Crippen molar-refractivity contribution in [3.8, 4) is 0 Å². The molecule has 0 aliphatic heterocycles. The van der Waals surface area contributed by atoms with E-state index in [0.29, 0.717) is 17.7 Å². The molecule has 0 amide bonds. The SMILES string of the molecule is CCn1c2ccccc2c2cc(C(=O)COC(=O)c3ccccc3COC)ccc21. The van der Waals surface area contributed by atoms with Gasteiger partial charge in [-0.3, -0.25) is 4.79 Å². The lowest BCUT2D eigenvalue weighted by molar-refractivity contribution is 0.0471. The van der Waals surface area contributed by atoms with Crippen LogP contribution in [0, 0.1) is 0 Å². The second-order valence-corrected chi connectivity index (χ2v) is 7.08. The Kier molecular flexibility index (Phi) is 5.63. The Balaban J connectivity index is 1.57. The van der Waals surface area contributed by atoms with Crippen LogP contribution >= 0.6 is 0 Å². The monoisotopic (exact) mass is 401 g/mol. The quantitative estimate of drug-likeness (QED) is 0.323. The van der Waals surface area contributed by atoms with Crippen LogP contribution < -0.4 is 0 Å². The van der Waals surface area contributed by atoms with E-state index in [1.165, 1.54) is 0 Å². The van der Waals surface area contributed by atoms with Gasteiger partial charge in [0, 0.05) is 41.0 Å². The number of ketones is 1. The predicted octanol–water partition coefficient (Wildman–Crippen LogP) is 5.00. The minimum atomic E-state index is -0.528. The molecular formula is C25H23NO4. The van der Waals surface area contributed by atoms with E-state index in [4.69, 9.17) is 9.47 Å². The number of ether oxygens (including phenoxy) is 2. The highest BCUT2D eigenvalue weighted by Gasteiger charge is 2.16. The molecule has 5 nitrogen and oxygen atoms in total.